The molecule has 0 fully saturated rings. The van der Waals surface area contributed by atoms with Crippen LogP contribution in [0.3, 0.4) is 0 Å². The lowest BCUT2D eigenvalue weighted by Crippen LogP contribution is -2.36. The number of aromatic amines is 1. The molecule has 6 nitrogen and oxygen atoms in total. The fraction of sp³-hybridized carbons (Fsp3) is 0.250. The Morgan fingerprint density at radius 3 is 2.73 bits per heavy atom. The number of hydrogen-bond acceptors (Lipinski definition) is 4. The van der Waals surface area contributed by atoms with Gasteiger partial charge in [0, 0.05) is 23.9 Å². The number of nitrogens with zero attached hydrogens (tertiary/aromatic N) is 2. The second-order valence-corrected chi connectivity index (χ2v) is 5.27. The van der Waals surface area contributed by atoms with Crippen LogP contribution in [0.15, 0.2) is 35.1 Å². The average Bonchev–Trinajstić information content (AvgIpc) is 2.53. The van der Waals surface area contributed by atoms with Gasteiger partial charge in [-0.05, 0) is 49.6 Å². The van der Waals surface area contributed by atoms with Crippen LogP contribution in [0.1, 0.15) is 39.8 Å². The molecule has 6 heteroatoms. The lowest BCUT2D eigenvalue weighted by Gasteiger charge is -2.29. The highest BCUT2D eigenvalue weighted by molar-refractivity contribution is 6.05. The number of carbonyl (C=O) groups is 2. The van der Waals surface area contributed by atoms with Crippen molar-refractivity contribution < 1.29 is 9.59 Å². The van der Waals surface area contributed by atoms with E-state index in [-0.39, 0.29) is 22.9 Å². The van der Waals surface area contributed by atoms with Gasteiger partial charge >= 0.3 is 0 Å². The Hall–Kier alpha value is -2.76. The van der Waals surface area contributed by atoms with Crippen LogP contribution in [0.4, 0.5) is 5.69 Å². The Labute approximate surface area is 126 Å². The molecule has 2 heterocycles. The van der Waals surface area contributed by atoms with Gasteiger partial charge in [-0.3, -0.25) is 14.4 Å². The Morgan fingerprint density at radius 1 is 1.23 bits per heavy atom. The fourth-order valence-electron chi connectivity index (χ4n) is 2.63. The van der Waals surface area contributed by atoms with Gasteiger partial charge in [-0.2, -0.15) is 5.10 Å². The predicted molar refractivity (Wildman–Crippen MR) is 81.3 cm³/mol. The predicted octanol–water partition coefficient (Wildman–Crippen LogP) is 1.57. The lowest BCUT2D eigenvalue weighted by molar-refractivity contribution is 0.0978. The smallest absolute Gasteiger partial charge is 0.278 e. The molecule has 2 aromatic rings. The molecular formula is C16H15N3O3. The summed E-state index contributed by atoms with van der Waals surface area (Å²) < 4.78 is 0. The maximum Gasteiger partial charge on any atom is 0.278 e. The molecule has 1 aliphatic rings. The Kier molecular flexibility index (Phi) is 3.58. The summed E-state index contributed by atoms with van der Waals surface area (Å²) in [7, 11) is 0. The number of fused-ring (bicyclic) bond motifs is 1. The highest BCUT2D eigenvalue weighted by Gasteiger charge is 2.25. The molecule has 0 radical (unpaired) electrons. The number of Topliss-reactive ketones (excluding diaryl/α,β-unsaturated/α-hetero) is 1. The SMILES string of the molecule is CC(=O)c1ccc2c(c1)CCCN2C(=O)c1ccc(=O)[nH]n1. The molecule has 112 valence electrons. The summed E-state index contributed by atoms with van der Waals surface area (Å²) in [5.41, 5.74) is 2.28. The van der Waals surface area contributed by atoms with Crippen LogP contribution in [0.5, 0.6) is 0 Å². The van der Waals surface area contributed by atoms with E-state index < -0.39 is 0 Å². The minimum Gasteiger partial charge on any atom is -0.307 e. The number of aromatic nitrogens is 2. The zero-order valence-corrected chi connectivity index (χ0v) is 12.1. The molecular weight excluding hydrogens is 282 g/mol. The second kappa shape index (κ2) is 5.55. The molecule has 0 aliphatic carbocycles. The van der Waals surface area contributed by atoms with E-state index in [1.54, 1.807) is 17.0 Å². The van der Waals surface area contributed by atoms with Gasteiger partial charge < -0.3 is 4.90 Å². The first-order chi connectivity index (χ1) is 10.6. The van der Waals surface area contributed by atoms with E-state index in [0.29, 0.717) is 12.1 Å². The number of hydrogen-bond donors (Lipinski definition) is 1. The molecule has 0 bridgehead atoms. The molecule has 1 amide bonds. The van der Waals surface area contributed by atoms with E-state index in [0.717, 1.165) is 24.1 Å². The Balaban J connectivity index is 1.97. The molecule has 22 heavy (non-hydrogen) atoms. The molecule has 1 N–H and O–H groups in total. The summed E-state index contributed by atoms with van der Waals surface area (Å²) >= 11 is 0. The number of carbonyl (C=O) groups excluding carboxylic acids is 2. The van der Waals surface area contributed by atoms with E-state index in [4.69, 9.17) is 0 Å². The monoisotopic (exact) mass is 297 g/mol. The van der Waals surface area contributed by atoms with Gasteiger partial charge in [-0.1, -0.05) is 0 Å². The van der Waals surface area contributed by atoms with Crippen LogP contribution in [0.25, 0.3) is 0 Å². The third kappa shape index (κ3) is 2.55. The van der Waals surface area contributed by atoms with Crippen molar-refractivity contribution in [2.45, 2.75) is 19.8 Å². The molecule has 1 aromatic carbocycles. The maximum absolute atomic E-state index is 12.6. The standard InChI is InChI=1S/C16H15N3O3/c1-10(20)11-4-6-14-12(9-11)3-2-8-19(14)16(22)13-5-7-15(21)18-17-13/h4-7,9H,2-3,8H2,1H3,(H,18,21). The van der Waals surface area contributed by atoms with Crippen LogP contribution >= 0.6 is 0 Å². The van der Waals surface area contributed by atoms with Crippen LogP contribution in [-0.4, -0.2) is 28.4 Å². The molecule has 0 saturated heterocycles. The van der Waals surface area contributed by atoms with Crippen LogP contribution in [0.2, 0.25) is 0 Å². The molecule has 3 rings (SSSR count). The summed E-state index contributed by atoms with van der Waals surface area (Å²) in [6, 6.07) is 8.07. The van der Waals surface area contributed by atoms with Gasteiger partial charge in [0.05, 0.1) is 0 Å². The van der Waals surface area contributed by atoms with E-state index >= 15 is 0 Å². The molecule has 0 unspecified atom stereocenters. The van der Waals surface area contributed by atoms with E-state index in [9.17, 15) is 14.4 Å². The maximum atomic E-state index is 12.6. The molecule has 0 saturated carbocycles. The van der Waals surface area contributed by atoms with Crippen molar-refractivity contribution in [1.82, 2.24) is 10.2 Å². The Bertz CT molecular complexity index is 790. The summed E-state index contributed by atoms with van der Waals surface area (Å²) in [5.74, 6) is -0.249. The first-order valence-electron chi connectivity index (χ1n) is 7.08. The molecule has 1 aromatic heterocycles. The normalized spacial score (nSPS) is 13.6. The lowest BCUT2D eigenvalue weighted by atomic mass is 9.97. The van der Waals surface area contributed by atoms with Crippen molar-refractivity contribution in [3.05, 3.63) is 57.5 Å². The third-order valence-electron chi connectivity index (χ3n) is 3.75. The third-order valence-corrected chi connectivity index (χ3v) is 3.75. The quantitative estimate of drug-likeness (QED) is 0.853. The van der Waals surface area contributed by atoms with Gasteiger partial charge in [0.1, 0.15) is 5.69 Å². The van der Waals surface area contributed by atoms with Crippen molar-refractivity contribution in [2.24, 2.45) is 0 Å². The zero-order chi connectivity index (χ0) is 15.7. The molecule has 0 atom stereocenters. The number of H-pyrrole nitrogens is 1. The van der Waals surface area contributed by atoms with Crippen molar-refractivity contribution >= 4 is 17.4 Å². The summed E-state index contributed by atoms with van der Waals surface area (Å²) in [4.78, 5) is 36.7. The largest absolute Gasteiger partial charge is 0.307 e. The van der Waals surface area contributed by atoms with Crippen molar-refractivity contribution in [2.75, 3.05) is 11.4 Å². The van der Waals surface area contributed by atoms with Gasteiger partial charge in [0.25, 0.3) is 11.5 Å². The van der Waals surface area contributed by atoms with E-state index in [1.807, 2.05) is 6.07 Å². The number of rotatable bonds is 2. The van der Waals surface area contributed by atoms with Crippen molar-refractivity contribution in [3.63, 3.8) is 0 Å². The van der Waals surface area contributed by atoms with Crippen LogP contribution in [-0.2, 0) is 6.42 Å². The topological polar surface area (TPSA) is 83.1 Å². The second-order valence-electron chi connectivity index (χ2n) is 5.27. The number of benzene rings is 1. The summed E-state index contributed by atoms with van der Waals surface area (Å²) in [6.07, 6.45) is 1.66. The summed E-state index contributed by atoms with van der Waals surface area (Å²) in [6.45, 7) is 2.11. The van der Waals surface area contributed by atoms with Crippen LogP contribution in [0, 0.1) is 0 Å². The Morgan fingerprint density at radius 2 is 2.05 bits per heavy atom. The van der Waals surface area contributed by atoms with E-state index in [1.165, 1.54) is 19.1 Å². The zero-order valence-electron chi connectivity index (χ0n) is 12.1. The number of amides is 1. The number of nitrogens with one attached hydrogen (secondary N) is 1. The molecule has 0 spiro atoms. The minimum atomic E-state index is -0.346. The van der Waals surface area contributed by atoms with Crippen molar-refractivity contribution in [3.8, 4) is 0 Å². The van der Waals surface area contributed by atoms with E-state index in [2.05, 4.69) is 10.2 Å². The van der Waals surface area contributed by atoms with Crippen molar-refractivity contribution in [1.29, 1.82) is 0 Å². The first kappa shape index (κ1) is 14.2. The highest BCUT2D eigenvalue weighted by Crippen LogP contribution is 2.29. The minimum absolute atomic E-state index is 0.00792. The average molecular weight is 297 g/mol. The van der Waals surface area contributed by atoms with Gasteiger partial charge in [-0.25, -0.2) is 5.10 Å². The molecule has 1 aliphatic heterocycles. The number of aryl methyl sites for hydroxylation is 1. The van der Waals surface area contributed by atoms with Gasteiger partial charge in [0.2, 0.25) is 0 Å². The number of anilines is 1. The number of ketones is 1. The van der Waals surface area contributed by atoms with Gasteiger partial charge in [0.15, 0.2) is 5.78 Å². The van der Waals surface area contributed by atoms with Gasteiger partial charge in [-0.15, -0.1) is 0 Å². The van der Waals surface area contributed by atoms with Crippen LogP contribution < -0.4 is 10.5 Å². The summed E-state index contributed by atoms with van der Waals surface area (Å²) in [5, 5.41) is 6.06. The first-order valence-corrected chi connectivity index (χ1v) is 7.08. The fourth-order valence-corrected chi connectivity index (χ4v) is 2.63. The highest BCUT2D eigenvalue weighted by atomic mass is 16.2.